The highest BCUT2D eigenvalue weighted by Gasteiger charge is 2.26. The first-order chi connectivity index (χ1) is 7.37. The lowest BCUT2D eigenvalue weighted by atomic mass is 10.4. The van der Waals surface area contributed by atoms with E-state index < -0.39 is 19.2 Å². The number of aromatic nitrogens is 2. The van der Waals surface area contributed by atoms with Crippen molar-refractivity contribution in [1.29, 1.82) is 0 Å². The Balaban J connectivity index is 2.37. The van der Waals surface area contributed by atoms with Gasteiger partial charge in [-0.05, 0) is 13.0 Å². The molecular formula is C9H10ClF3N2O. The predicted octanol–water partition coefficient (Wildman–Crippen LogP) is 2.91. The first kappa shape index (κ1) is 13.2. The summed E-state index contributed by atoms with van der Waals surface area (Å²) in [7, 11) is 0. The molecule has 1 aromatic rings. The van der Waals surface area contributed by atoms with Crippen molar-refractivity contribution in [3.05, 3.63) is 22.7 Å². The molecule has 0 saturated carbocycles. The number of aryl methyl sites for hydroxylation is 1. The molecule has 0 spiro atoms. The van der Waals surface area contributed by atoms with Crippen molar-refractivity contribution >= 4 is 11.6 Å². The third-order valence-electron chi connectivity index (χ3n) is 1.63. The summed E-state index contributed by atoms with van der Waals surface area (Å²) in [5, 5.41) is 0.252. The van der Waals surface area contributed by atoms with Crippen LogP contribution in [0.1, 0.15) is 17.9 Å². The topological polar surface area (TPSA) is 35.0 Å². The summed E-state index contributed by atoms with van der Waals surface area (Å²) in [4.78, 5) is 7.78. The van der Waals surface area contributed by atoms with Crippen LogP contribution in [-0.2, 0) is 11.3 Å². The van der Waals surface area contributed by atoms with Crippen LogP contribution in [0.5, 0.6) is 0 Å². The Morgan fingerprint density at radius 1 is 1.38 bits per heavy atom. The van der Waals surface area contributed by atoms with Crippen molar-refractivity contribution < 1.29 is 17.9 Å². The Labute approximate surface area is 95.6 Å². The van der Waals surface area contributed by atoms with E-state index in [1.54, 1.807) is 13.0 Å². The maximum Gasteiger partial charge on any atom is 0.391 e. The van der Waals surface area contributed by atoms with E-state index in [1.807, 2.05) is 0 Å². The second-order valence-electron chi connectivity index (χ2n) is 3.17. The van der Waals surface area contributed by atoms with Crippen LogP contribution in [0.3, 0.4) is 0 Å². The van der Waals surface area contributed by atoms with Crippen LogP contribution in [0.15, 0.2) is 6.07 Å². The second kappa shape index (κ2) is 5.45. The molecule has 1 rings (SSSR count). The molecule has 0 aromatic carbocycles. The molecule has 1 aromatic heterocycles. The summed E-state index contributed by atoms with van der Waals surface area (Å²) >= 11 is 5.65. The van der Waals surface area contributed by atoms with Gasteiger partial charge in [0, 0.05) is 5.69 Å². The molecule has 0 aliphatic carbocycles. The van der Waals surface area contributed by atoms with Gasteiger partial charge in [-0.25, -0.2) is 9.97 Å². The number of nitrogens with zero attached hydrogens (tertiary/aromatic N) is 2. The number of hydrogen-bond acceptors (Lipinski definition) is 3. The van der Waals surface area contributed by atoms with Crippen molar-refractivity contribution in [2.45, 2.75) is 26.1 Å². The Morgan fingerprint density at radius 3 is 2.62 bits per heavy atom. The monoisotopic (exact) mass is 254 g/mol. The molecule has 90 valence electrons. The van der Waals surface area contributed by atoms with Gasteiger partial charge in [-0.1, -0.05) is 11.6 Å². The van der Waals surface area contributed by atoms with Crippen molar-refractivity contribution in [3.8, 4) is 0 Å². The molecule has 0 N–H and O–H groups in total. The summed E-state index contributed by atoms with van der Waals surface area (Å²) < 4.78 is 40.1. The molecule has 1 heterocycles. The van der Waals surface area contributed by atoms with Crippen molar-refractivity contribution in [1.82, 2.24) is 9.97 Å². The SMILES string of the molecule is Cc1cc(Cl)nc(COCCC(F)(F)F)n1. The van der Waals surface area contributed by atoms with Crippen molar-refractivity contribution in [3.63, 3.8) is 0 Å². The van der Waals surface area contributed by atoms with Crippen LogP contribution in [0.4, 0.5) is 13.2 Å². The van der Waals surface area contributed by atoms with E-state index in [-0.39, 0.29) is 17.6 Å². The minimum atomic E-state index is -4.20. The molecule has 0 amide bonds. The van der Waals surface area contributed by atoms with Gasteiger partial charge in [0.25, 0.3) is 0 Å². The number of ether oxygens (including phenoxy) is 1. The fourth-order valence-corrected chi connectivity index (χ4v) is 1.26. The zero-order valence-electron chi connectivity index (χ0n) is 8.51. The number of alkyl halides is 3. The third kappa shape index (κ3) is 5.27. The van der Waals surface area contributed by atoms with Gasteiger partial charge < -0.3 is 4.74 Å². The van der Waals surface area contributed by atoms with Gasteiger partial charge in [0.15, 0.2) is 5.82 Å². The Bertz CT molecular complexity index is 337. The molecular weight excluding hydrogens is 245 g/mol. The molecule has 0 fully saturated rings. The Morgan fingerprint density at radius 2 is 2.06 bits per heavy atom. The minimum Gasteiger partial charge on any atom is -0.373 e. The summed E-state index contributed by atoms with van der Waals surface area (Å²) in [5.74, 6) is 0.284. The van der Waals surface area contributed by atoms with Gasteiger partial charge in [0.2, 0.25) is 0 Å². The minimum absolute atomic E-state index is 0.0719. The van der Waals surface area contributed by atoms with Crippen LogP contribution in [0, 0.1) is 6.92 Å². The Hall–Kier alpha value is -0.880. The molecule has 0 radical (unpaired) electrons. The van der Waals surface area contributed by atoms with E-state index in [2.05, 4.69) is 9.97 Å². The van der Waals surface area contributed by atoms with Gasteiger partial charge in [0.1, 0.15) is 11.8 Å². The van der Waals surface area contributed by atoms with E-state index >= 15 is 0 Å². The summed E-state index contributed by atoms with van der Waals surface area (Å²) in [6.07, 6.45) is -5.18. The largest absolute Gasteiger partial charge is 0.391 e. The van der Waals surface area contributed by atoms with Crippen molar-refractivity contribution in [2.75, 3.05) is 6.61 Å². The van der Waals surface area contributed by atoms with Gasteiger partial charge in [0.05, 0.1) is 13.0 Å². The number of hydrogen-bond donors (Lipinski definition) is 0. The van der Waals surface area contributed by atoms with Crippen LogP contribution in [0.2, 0.25) is 5.15 Å². The van der Waals surface area contributed by atoms with Crippen LogP contribution in [-0.4, -0.2) is 22.8 Å². The van der Waals surface area contributed by atoms with E-state index in [9.17, 15) is 13.2 Å². The molecule has 0 atom stereocenters. The van der Waals surface area contributed by atoms with Crippen LogP contribution < -0.4 is 0 Å². The molecule has 0 bridgehead atoms. The van der Waals surface area contributed by atoms with Gasteiger partial charge in [-0.15, -0.1) is 0 Å². The van der Waals surface area contributed by atoms with Crippen LogP contribution in [0.25, 0.3) is 0 Å². The average molecular weight is 255 g/mol. The zero-order chi connectivity index (χ0) is 12.2. The van der Waals surface area contributed by atoms with E-state index in [4.69, 9.17) is 16.3 Å². The molecule has 3 nitrogen and oxygen atoms in total. The lowest BCUT2D eigenvalue weighted by molar-refractivity contribution is -0.146. The molecule has 0 aliphatic rings. The summed E-state index contributed by atoms with van der Waals surface area (Å²) in [5.41, 5.74) is 0.648. The van der Waals surface area contributed by atoms with Gasteiger partial charge in [-0.2, -0.15) is 13.2 Å². The van der Waals surface area contributed by atoms with Crippen LogP contribution >= 0.6 is 11.6 Å². The molecule has 0 aliphatic heterocycles. The van der Waals surface area contributed by atoms with Crippen molar-refractivity contribution in [2.24, 2.45) is 0 Å². The van der Waals surface area contributed by atoms with E-state index in [1.165, 1.54) is 0 Å². The fraction of sp³-hybridized carbons (Fsp3) is 0.556. The maximum atomic E-state index is 11.8. The molecule has 7 heteroatoms. The first-order valence-corrected chi connectivity index (χ1v) is 4.89. The molecule has 0 saturated heterocycles. The standard InChI is InChI=1S/C9H10ClF3N2O/c1-6-4-7(10)15-8(14-6)5-16-3-2-9(11,12)13/h4H,2-3,5H2,1H3. The third-order valence-corrected chi connectivity index (χ3v) is 1.82. The lowest BCUT2D eigenvalue weighted by Crippen LogP contribution is -2.12. The molecule has 0 unspecified atom stereocenters. The van der Waals surface area contributed by atoms with Gasteiger partial charge in [-0.3, -0.25) is 0 Å². The Kier molecular flexibility index (Phi) is 4.49. The zero-order valence-corrected chi connectivity index (χ0v) is 9.27. The molecule has 16 heavy (non-hydrogen) atoms. The quantitative estimate of drug-likeness (QED) is 0.612. The normalized spacial score (nSPS) is 11.8. The lowest BCUT2D eigenvalue weighted by Gasteiger charge is -2.07. The number of halogens is 4. The number of rotatable bonds is 4. The predicted molar refractivity (Wildman–Crippen MR) is 52.1 cm³/mol. The highest BCUT2D eigenvalue weighted by molar-refractivity contribution is 6.29. The summed E-state index contributed by atoms with van der Waals surface area (Å²) in [6, 6.07) is 1.56. The smallest absolute Gasteiger partial charge is 0.373 e. The van der Waals surface area contributed by atoms with E-state index in [0.29, 0.717) is 5.69 Å². The second-order valence-corrected chi connectivity index (χ2v) is 3.55. The maximum absolute atomic E-state index is 11.8. The highest BCUT2D eigenvalue weighted by atomic mass is 35.5. The average Bonchev–Trinajstić information content (AvgIpc) is 2.09. The highest BCUT2D eigenvalue weighted by Crippen LogP contribution is 2.19. The fourth-order valence-electron chi connectivity index (χ4n) is 1.00. The summed E-state index contributed by atoms with van der Waals surface area (Å²) in [6.45, 7) is 1.24. The van der Waals surface area contributed by atoms with E-state index in [0.717, 1.165) is 0 Å². The first-order valence-electron chi connectivity index (χ1n) is 4.51. The van der Waals surface area contributed by atoms with Gasteiger partial charge >= 0.3 is 6.18 Å².